The smallest absolute Gasteiger partial charge is 0.410 e. The van der Waals surface area contributed by atoms with Crippen molar-refractivity contribution in [2.75, 3.05) is 20.3 Å². The van der Waals surface area contributed by atoms with Crippen molar-refractivity contribution in [2.24, 2.45) is 0 Å². The van der Waals surface area contributed by atoms with Gasteiger partial charge in [0.1, 0.15) is 6.61 Å². The van der Waals surface area contributed by atoms with Crippen LogP contribution in [0.2, 0.25) is 0 Å². The molecule has 2 fully saturated rings. The molecule has 4 rings (SSSR count). The first kappa shape index (κ1) is 20.6. The summed E-state index contributed by atoms with van der Waals surface area (Å²) in [5.74, 6) is -2.47. The first-order valence-corrected chi connectivity index (χ1v) is 9.74. The van der Waals surface area contributed by atoms with Crippen LogP contribution in [-0.2, 0) is 21.7 Å². The minimum Gasteiger partial charge on any atom is -0.494 e. The fourth-order valence-electron chi connectivity index (χ4n) is 4.29. The van der Waals surface area contributed by atoms with Gasteiger partial charge in [0, 0.05) is 12.8 Å². The maximum Gasteiger partial charge on any atom is 0.410 e. The number of amides is 1. The molecule has 2 aromatic carbocycles. The Kier molecular flexibility index (Phi) is 5.62. The summed E-state index contributed by atoms with van der Waals surface area (Å²) in [6.45, 7) is 0.585. The largest absolute Gasteiger partial charge is 0.494 e. The highest BCUT2D eigenvalue weighted by molar-refractivity contribution is 5.69. The molecule has 0 spiro atoms. The van der Waals surface area contributed by atoms with Crippen molar-refractivity contribution in [1.29, 1.82) is 0 Å². The number of rotatable bonds is 4. The Bertz CT molecular complexity index is 909. The second-order valence-corrected chi connectivity index (χ2v) is 7.71. The van der Waals surface area contributed by atoms with E-state index in [1.807, 2.05) is 30.3 Å². The molecule has 2 aromatic rings. The van der Waals surface area contributed by atoms with E-state index < -0.39 is 35.4 Å². The summed E-state index contributed by atoms with van der Waals surface area (Å²) < 4.78 is 43.8. The van der Waals surface area contributed by atoms with E-state index in [2.05, 4.69) is 0 Å². The first-order valence-electron chi connectivity index (χ1n) is 9.74. The van der Waals surface area contributed by atoms with E-state index >= 15 is 0 Å². The summed E-state index contributed by atoms with van der Waals surface area (Å²) in [6.07, 6.45) is -0.266. The Morgan fingerprint density at radius 2 is 1.87 bits per heavy atom. The first-order chi connectivity index (χ1) is 14.4. The monoisotopic (exact) mass is 419 g/mol. The Hall–Kier alpha value is -2.71. The minimum absolute atomic E-state index is 0.109. The number of morpholine rings is 1. The fourth-order valence-corrected chi connectivity index (χ4v) is 4.29. The van der Waals surface area contributed by atoms with Gasteiger partial charge in [-0.1, -0.05) is 30.3 Å². The zero-order valence-corrected chi connectivity index (χ0v) is 16.5. The lowest BCUT2D eigenvalue weighted by atomic mass is 9.77. The van der Waals surface area contributed by atoms with E-state index in [-0.39, 0.29) is 44.0 Å². The molecule has 2 atom stereocenters. The lowest BCUT2D eigenvalue weighted by molar-refractivity contribution is -0.137. The number of hydrogen-bond donors (Lipinski definition) is 1. The highest BCUT2D eigenvalue weighted by Crippen LogP contribution is 2.42. The predicted octanol–water partition coefficient (Wildman–Crippen LogP) is 3.36. The molecule has 0 aromatic heterocycles. The number of hydrogen-bond acceptors (Lipinski definition) is 5. The molecule has 1 amide bonds. The normalized spacial score (nSPS) is 25.7. The van der Waals surface area contributed by atoms with E-state index in [0.29, 0.717) is 0 Å². The van der Waals surface area contributed by atoms with Gasteiger partial charge in [0.2, 0.25) is 5.82 Å². The van der Waals surface area contributed by atoms with E-state index in [0.717, 1.165) is 11.6 Å². The van der Waals surface area contributed by atoms with Gasteiger partial charge in [0.25, 0.3) is 0 Å². The highest BCUT2D eigenvalue weighted by Gasteiger charge is 2.49. The van der Waals surface area contributed by atoms with Gasteiger partial charge < -0.3 is 19.3 Å². The summed E-state index contributed by atoms with van der Waals surface area (Å²) >= 11 is 0. The van der Waals surface area contributed by atoms with Crippen LogP contribution in [0.3, 0.4) is 0 Å². The van der Waals surface area contributed by atoms with Gasteiger partial charge in [0.15, 0.2) is 11.6 Å². The molecule has 1 N–H and O–H groups in total. The molecule has 8 heteroatoms. The highest BCUT2D eigenvalue weighted by atomic mass is 19.2. The third kappa shape index (κ3) is 3.85. The van der Waals surface area contributed by atoms with Crippen LogP contribution in [0.1, 0.15) is 24.0 Å². The number of carbonyl (C=O) groups is 1. The number of nitrogens with zero attached hydrogens (tertiary/aromatic N) is 1. The van der Waals surface area contributed by atoms with Crippen LogP contribution in [0.5, 0.6) is 5.75 Å². The van der Waals surface area contributed by atoms with Crippen LogP contribution < -0.4 is 4.74 Å². The molecule has 2 unspecified atom stereocenters. The van der Waals surface area contributed by atoms with Crippen LogP contribution in [0, 0.1) is 11.6 Å². The van der Waals surface area contributed by atoms with Crippen LogP contribution in [-0.4, -0.2) is 48.5 Å². The van der Waals surface area contributed by atoms with E-state index in [9.17, 15) is 18.7 Å². The van der Waals surface area contributed by atoms with Crippen LogP contribution >= 0.6 is 0 Å². The van der Waals surface area contributed by atoms with Gasteiger partial charge in [-0.25, -0.2) is 9.18 Å². The molecular weight excluding hydrogens is 396 g/mol. The summed E-state index contributed by atoms with van der Waals surface area (Å²) in [6, 6.07) is 10.7. The zero-order valence-electron chi connectivity index (χ0n) is 16.5. The number of ether oxygens (including phenoxy) is 3. The molecule has 0 saturated carbocycles. The molecule has 0 radical (unpaired) electrons. The van der Waals surface area contributed by atoms with Crippen molar-refractivity contribution in [3.8, 4) is 5.75 Å². The number of aliphatic hydroxyl groups is 1. The van der Waals surface area contributed by atoms with E-state index in [4.69, 9.17) is 14.2 Å². The molecule has 6 nitrogen and oxygen atoms in total. The summed E-state index contributed by atoms with van der Waals surface area (Å²) in [5, 5.41) is 11.3. The maximum atomic E-state index is 14.0. The topological polar surface area (TPSA) is 68.2 Å². The predicted molar refractivity (Wildman–Crippen MR) is 103 cm³/mol. The van der Waals surface area contributed by atoms with Gasteiger partial charge in [0.05, 0.1) is 38.0 Å². The number of halogens is 2. The lowest BCUT2D eigenvalue weighted by Crippen LogP contribution is -2.62. The fraction of sp³-hybridized carbons (Fsp3) is 0.409. The summed E-state index contributed by atoms with van der Waals surface area (Å²) in [5.41, 5.74) is -0.362. The summed E-state index contributed by atoms with van der Waals surface area (Å²) in [7, 11) is 1.24. The number of benzene rings is 2. The van der Waals surface area contributed by atoms with Gasteiger partial charge in [-0.15, -0.1) is 0 Å². The van der Waals surface area contributed by atoms with Crippen LogP contribution in [0.25, 0.3) is 0 Å². The maximum absolute atomic E-state index is 14.0. The SMILES string of the molecule is COc1cc(C2(O)CC3COCC(C2)N3C(=O)OCc2ccccc2)cc(F)c1F. The van der Waals surface area contributed by atoms with Crippen molar-refractivity contribution in [1.82, 2.24) is 4.90 Å². The molecule has 2 aliphatic heterocycles. The van der Waals surface area contributed by atoms with Crippen LogP contribution in [0.15, 0.2) is 42.5 Å². The van der Waals surface area contributed by atoms with Crippen molar-refractivity contribution in [2.45, 2.75) is 37.1 Å². The van der Waals surface area contributed by atoms with Gasteiger partial charge in [-0.3, -0.25) is 4.90 Å². The molecule has 30 heavy (non-hydrogen) atoms. The quantitative estimate of drug-likeness (QED) is 0.823. The average molecular weight is 419 g/mol. The van der Waals surface area contributed by atoms with Crippen molar-refractivity contribution in [3.05, 3.63) is 65.2 Å². The Morgan fingerprint density at radius 1 is 1.20 bits per heavy atom. The van der Waals surface area contributed by atoms with Crippen LogP contribution in [0.4, 0.5) is 13.6 Å². The Morgan fingerprint density at radius 3 is 2.50 bits per heavy atom. The molecule has 0 aliphatic carbocycles. The molecule has 2 heterocycles. The van der Waals surface area contributed by atoms with Crippen molar-refractivity contribution < 1.29 is 32.9 Å². The van der Waals surface area contributed by atoms with Gasteiger partial charge in [-0.2, -0.15) is 4.39 Å². The zero-order chi connectivity index (χ0) is 21.3. The number of fused-ring (bicyclic) bond motifs is 2. The number of methoxy groups -OCH3 is 1. The molecule has 2 saturated heterocycles. The molecule has 160 valence electrons. The van der Waals surface area contributed by atoms with Crippen molar-refractivity contribution >= 4 is 6.09 Å². The number of carbonyl (C=O) groups excluding carboxylic acids is 1. The summed E-state index contributed by atoms with van der Waals surface area (Å²) in [4.78, 5) is 14.4. The second-order valence-electron chi connectivity index (χ2n) is 7.71. The Labute approximate surface area is 173 Å². The third-order valence-electron chi connectivity index (χ3n) is 5.72. The van der Waals surface area contributed by atoms with E-state index in [1.165, 1.54) is 13.2 Å². The molecule has 2 aliphatic rings. The number of piperidine rings is 1. The van der Waals surface area contributed by atoms with Gasteiger partial charge >= 0.3 is 6.09 Å². The minimum atomic E-state index is -1.45. The van der Waals surface area contributed by atoms with Crippen molar-refractivity contribution in [3.63, 3.8) is 0 Å². The lowest BCUT2D eigenvalue weighted by Gasteiger charge is -2.51. The standard InChI is InChI=1S/C22H23F2NO5/c1-28-19-8-15(7-18(23)20(19)24)22(27)9-16-12-29-13-17(10-22)25(16)21(26)30-11-14-5-3-2-4-6-14/h2-8,16-17,27H,9-13H2,1H3. The third-order valence-corrected chi connectivity index (χ3v) is 5.72. The second kappa shape index (κ2) is 8.20. The molecular formula is C22H23F2NO5. The van der Waals surface area contributed by atoms with Gasteiger partial charge in [-0.05, 0) is 23.3 Å². The Balaban J connectivity index is 1.53. The van der Waals surface area contributed by atoms with E-state index in [1.54, 1.807) is 4.90 Å². The average Bonchev–Trinajstić information content (AvgIpc) is 2.74. The molecule has 2 bridgehead atoms.